The van der Waals surface area contributed by atoms with Crippen LogP contribution < -0.4 is 4.90 Å². The van der Waals surface area contributed by atoms with Gasteiger partial charge in [-0.3, -0.25) is 4.90 Å². The van der Waals surface area contributed by atoms with E-state index in [9.17, 15) is 15.2 Å². The van der Waals surface area contributed by atoms with Gasteiger partial charge in [0.25, 0.3) is 0 Å². The molecule has 1 N–H and O–H groups in total. The van der Waals surface area contributed by atoms with Gasteiger partial charge < -0.3 is 9.67 Å². The van der Waals surface area contributed by atoms with Crippen LogP contribution in [0.1, 0.15) is 38.2 Å². The van der Waals surface area contributed by atoms with Crippen LogP contribution in [0.4, 0.5) is 10.5 Å². The average Bonchev–Trinajstić information content (AvgIpc) is 3.19. The summed E-state index contributed by atoms with van der Waals surface area (Å²) in [6.07, 6.45) is 7.82. The summed E-state index contributed by atoms with van der Waals surface area (Å²) in [4.78, 5) is 22.0. The molecule has 4 rings (SSSR count). The molecule has 1 aromatic carbocycles. The Kier molecular flexibility index (Phi) is 6.13. The van der Waals surface area contributed by atoms with Gasteiger partial charge >= 0.3 is 6.09 Å². The van der Waals surface area contributed by atoms with E-state index in [0.717, 1.165) is 43.3 Å². The van der Waals surface area contributed by atoms with Crippen molar-refractivity contribution in [3.05, 3.63) is 66.2 Å². The predicted octanol–water partition coefficient (Wildman–Crippen LogP) is 5.89. The number of carbonyl (C=O) groups is 1. The molecule has 0 bridgehead atoms. The first kappa shape index (κ1) is 22.8. The Hall–Kier alpha value is -3.37. The maximum atomic E-state index is 12.1. The minimum absolute atomic E-state index is 0.0921. The normalized spacial score (nSPS) is 22.6. The number of hydrogen-bond acceptors (Lipinski definition) is 4. The fourth-order valence-corrected chi connectivity index (χ4v) is 5.29. The summed E-state index contributed by atoms with van der Waals surface area (Å²) >= 11 is 5.89. The van der Waals surface area contributed by atoms with Crippen LogP contribution in [0.5, 0.6) is 0 Å². The van der Waals surface area contributed by atoms with Crippen molar-refractivity contribution < 1.29 is 9.90 Å². The lowest BCUT2D eigenvalue weighted by Gasteiger charge is -2.46. The van der Waals surface area contributed by atoms with Gasteiger partial charge in [-0.2, -0.15) is 5.26 Å². The Balaban J connectivity index is 1.61. The number of benzene rings is 1. The third kappa shape index (κ3) is 4.71. The van der Waals surface area contributed by atoms with Crippen LogP contribution in [-0.2, 0) is 6.54 Å². The quantitative estimate of drug-likeness (QED) is 0.363. The Labute approximate surface area is 197 Å². The van der Waals surface area contributed by atoms with E-state index in [0.29, 0.717) is 22.9 Å². The number of nitrogens with zero attached hydrogens (tertiary/aromatic N) is 5. The SMILES string of the molecule is C=C[C@]1(CN(C(=O)O)c2ccc(Cl)nc2)CCCC(C)(Cn2cnc3ccc(C#N)cc32)C1. The zero-order valence-corrected chi connectivity index (χ0v) is 19.3. The summed E-state index contributed by atoms with van der Waals surface area (Å²) in [5.41, 5.74) is 2.42. The van der Waals surface area contributed by atoms with Gasteiger partial charge in [0.05, 0.1) is 40.9 Å². The summed E-state index contributed by atoms with van der Waals surface area (Å²) in [5.74, 6) is 0. The largest absolute Gasteiger partial charge is 0.465 e. The number of anilines is 1. The Morgan fingerprint density at radius 2 is 2.18 bits per heavy atom. The molecule has 33 heavy (non-hydrogen) atoms. The molecule has 7 nitrogen and oxygen atoms in total. The number of aromatic nitrogens is 3. The number of nitriles is 1. The monoisotopic (exact) mass is 463 g/mol. The van der Waals surface area contributed by atoms with E-state index < -0.39 is 6.09 Å². The van der Waals surface area contributed by atoms with Crippen molar-refractivity contribution in [2.75, 3.05) is 11.4 Å². The molecule has 170 valence electrons. The number of carboxylic acid groups (broad SMARTS) is 1. The van der Waals surface area contributed by atoms with Gasteiger partial charge in [-0.15, -0.1) is 6.58 Å². The first-order valence-corrected chi connectivity index (χ1v) is 11.2. The third-order valence-electron chi connectivity index (χ3n) is 6.70. The molecule has 2 heterocycles. The molecule has 1 amide bonds. The van der Waals surface area contributed by atoms with Crippen LogP contribution in [0.2, 0.25) is 5.15 Å². The number of rotatable bonds is 6. The number of fused-ring (bicyclic) bond motifs is 1. The van der Waals surface area contributed by atoms with E-state index in [1.54, 1.807) is 18.2 Å². The highest BCUT2D eigenvalue weighted by atomic mass is 35.5. The summed E-state index contributed by atoms with van der Waals surface area (Å²) in [6, 6.07) is 11.0. The molecule has 1 aliphatic rings. The molecule has 0 radical (unpaired) electrons. The second-order valence-electron chi connectivity index (χ2n) is 9.30. The molecule has 1 aliphatic carbocycles. The summed E-state index contributed by atoms with van der Waals surface area (Å²) in [5, 5.41) is 19.5. The highest BCUT2D eigenvalue weighted by Crippen LogP contribution is 2.49. The second kappa shape index (κ2) is 8.87. The number of halogens is 1. The van der Waals surface area contributed by atoms with Gasteiger partial charge in [-0.05, 0) is 55.0 Å². The first-order valence-electron chi connectivity index (χ1n) is 10.9. The van der Waals surface area contributed by atoms with Gasteiger partial charge in [-0.25, -0.2) is 14.8 Å². The fourth-order valence-electron chi connectivity index (χ4n) is 5.18. The molecular weight excluding hydrogens is 438 g/mol. The zero-order valence-electron chi connectivity index (χ0n) is 18.5. The second-order valence-corrected chi connectivity index (χ2v) is 9.69. The molecule has 0 spiro atoms. The summed E-state index contributed by atoms with van der Waals surface area (Å²) in [6.45, 7) is 7.36. The van der Waals surface area contributed by atoms with Crippen molar-refractivity contribution >= 4 is 34.4 Å². The Morgan fingerprint density at radius 1 is 1.36 bits per heavy atom. The zero-order chi connectivity index (χ0) is 23.6. The fraction of sp³-hybridized carbons (Fsp3) is 0.360. The molecule has 1 fully saturated rings. The summed E-state index contributed by atoms with van der Waals surface area (Å²) in [7, 11) is 0. The van der Waals surface area contributed by atoms with Crippen LogP contribution in [0.3, 0.4) is 0 Å². The van der Waals surface area contributed by atoms with Crippen LogP contribution in [0.15, 0.2) is 55.5 Å². The molecule has 0 aliphatic heterocycles. The Morgan fingerprint density at radius 3 is 2.85 bits per heavy atom. The predicted molar refractivity (Wildman–Crippen MR) is 128 cm³/mol. The van der Waals surface area contributed by atoms with E-state index in [1.807, 2.05) is 24.5 Å². The lowest BCUT2D eigenvalue weighted by atomic mass is 9.62. The molecular formula is C25H26ClN5O2. The van der Waals surface area contributed by atoms with Crippen molar-refractivity contribution in [1.29, 1.82) is 5.26 Å². The Bertz CT molecular complexity index is 1230. The highest BCUT2D eigenvalue weighted by Gasteiger charge is 2.43. The lowest BCUT2D eigenvalue weighted by molar-refractivity contribution is 0.0937. The average molecular weight is 464 g/mol. The van der Waals surface area contributed by atoms with Crippen molar-refractivity contribution in [3.8, 4) is 6.07 Å². The molecule has 3 aromatic rings. The maximum absolute atomic E-state index is 12.1. The summed E-state index contributed by atoms with van der Waals surface area (Å²) < 4.78 is 2.10. The maximum Gasteiger partial charge on any atom is 0.411 e. The highest BCUT2D eigenvalue weighted by molar-refractivity contribution is 6.29. The van der Waals surface area contributed by atoms with Crippen molar-refractivity contribution in [2.24, 2.45) is 10.8 Å². The topological polar surface area (TPSA) is 95.0 Å². The molecule has 8 heteroatoms. The number of amides is 1. The van der Waals surface area contributed by atoms with Crippen LogP contribution >= 0.6 is 11.6 Å². The number of pyridine rings is 1. The van der Waals surface area contributed by atoms with Crippen LogP contribution in [0, 0.1) is 22.2 Å². The minimum Gasteiger partial charge on any atom is -0.465 e. The third-order valence-corrected chi connectivity index (χ3v) is 6.92. The van der Waals surface area contributed by atoms with Gasteiger partial charge in [0.15, 0.2) is 0 Å². The standard InChI is InChI=1S/C25H26ClN5O2/c1-3-25(16-31(23(32)33)19-6-8-22(26)28-13-19)10-4-9-24(2,14-25)15-30-17-29-20-7-5-18(12-27)11-21(20)30/h3,5-8,11,13,17H,1,4,9-10,14-16H2,2H3,(H,32,33)/t24?,25-/m0/s1. The molecule has 0 saturated heterocycles. The lowest BCUT2D eigenvalue weighted by Crippen LogP contribution is -2.45. The van der Waals surface area contributed by atoms with Gasteiger partial charge in [0, 0.05) is 18.5 Å². The smallest absolute Gasteiger partial charge is 0.411 e. The van der Waals surface area contributed by atoms with E-state index in [4.69, 9.17) is 11.6 Å². The molecule has 1 unspecified atom stereocenters. The molecule has 1 saturated carbocycles. The van der Waals surface area contributed by atoms with E-state index in [1.165, 1.54) is 11.1 Å². The van der Waals surface area contributed by atoms with E-state index >= 15 is 0 Å². The van der Waals surface area contributed by atoms with E-state index in [-0.39, 0.29) is 10.8 Å². The first-order chi connectivity index (χ1) is 15.8. The van der Waals surface area contributed by atoms with Crippen LogP contribution in [-0.4, -0.2) is 32.3 Å². The minimum atomic E-state index is -1.03. The van der Waals surface area contributed by atoms with E-state index in [2.05, 4.69) is 34.1 Å². The van der Waals surface area contributed by atoms with Crippen LogP contribution in [0.25, 0.3) is 11.0 Å². The molecule has 2 atom stereocenters. The van der Waals surface area contributed by atoms with Crippen molar-refractivity contribution in [2.45, 2.75) is 39.2 Å². The van der Waals surface area contributed by atoms with Crippen molar-refractivity contribution in [1.82, 2.24) is 14.5 Å². The van der Waals surface area contributed by atoms with Crippen molar-refractivity contribution in [3.63, 3.8) is 0 Å². The van der Waals surface area contributed by atoms with Gasteiger partial charge in [-0.1, -0.05) is 31.0 Å². The number of imidazole rings is 1. The molecule has 2 aromatic heterocycles. The van der Waals surface area contributed by atoms with Gasteiger partial charge in [0.1, 0.15) is 5.15 Å². The number of hydrogen-bond donors (Lipinski definition) is 1. The van der Waals surface area contributed by atoms with Gasteiger partial charge in [0.2, 0.25) is 0 Å².